The van der Waals surface area contributed by atoms with Crippen LogP contribution in [0.2, 0.25) is 0 Å². The first-order valence-electron chi connectivity index (χ1n) is 17.3. The fraction of sp³-hybridized carbons (Fsp3) is 0. The lowest BCUT2D eigenvalue weighted by molar-refractivity contribution is 1.28. The number of hydrogen-bond acceptors (Lipinski definition) is 3. The number of nitrogens with zero attached hydrogens (tertiary/aromatic N) is 1. The van der Waals surface area contributed by atoms with Gasteiger partial charge in [-0.25, -0.2) is 0 Å². The normalized spacial score (nSPS) is 11.5. The minimum atomic E-state index is 1.12. The third kappa shape index (κ3) is 5.21. The molecule has 8 aromatic carbocycles. The van der Waals surface area contributed by atoms with Gasteiger partial charge < -0.3 is 4.90 Å². The standard InChI is InChI=1S/C48H31NS2/c1-3-11-32(12-4-1)34-21-25-37(26-22-34)49(39-16-9-15-36(31-39)33-13-5-2-6-14-33)38-27-23-35(24-28-38)40-18-10-19-41-42-29-30-45-46(48(42)51-47(40)41)43-17-7-8-20-44(43)50-45/h1-31H. The van der Waals surface area contributed by atoms with E-state index < -0.39 is 0 Å². The molecular formula is C48H31NS2. The molecule has 51 heavy (non-hydrogen) atoms. The third-order valence-electron chi connectivity index (χ3n) is 9.89. The first-order valence-corrected chi connectivity index (χ1v) is 18.9. The maximum Gasteiger partial charge on any atom is 0.0467 e. The fourth-order valence-corrected chi connectivity index (χ4v) is 9.99. The van der Waals surface area contributed by atoms with Crippen LogP contribution in [0.5, 0.6) is 0 Å². The molecule has 0 N–H and O–H groups in total. The van der Waals surface area contributed by atoms with Crippen molar-refractivity contribution in [2.45, 2.75) is 0 Å². The van der Waals surface area contributed by atoms with E-state index in [2.05, 4.69) is 193 Å². The molecule has 10 rings (SSSR count). The van der Waals surface area contributed by atoms with Gasteiger partial charge in [-0.3, -0.25) is 0 Å². The Morgan fingerprint density at radius 2 is 0.882 bits per heavy atom. The number of rotatable bonds is 6. The summed E-state index contributed by atoms with van der Waals surface area (Å²) in [5.41, 5.74) is 10.7. The van der Waals surface area contributed by atoms with Crippen molar-refractivity contribution in [3.8, 4) is 33.4 Å². The van der Waals surface area contributed by atoms with Crippen LogP contribution in [0.25, 0.3) is 73.7 Å². The van der Waals surface area contributed by atoms with Crippen molar-refractivity contribution in [2.75, 3.05) is 4.90 Å². The average molecular weight is 686 g/mol. The van der Waals surface area contributed by atoms with Crippen LogP contribution < -0.4 is 4.90 Å². The van der Waals surface area contributed by atoms with Crippen molar-refractivity contribution in [1.82, 2.24) is 0 Å². The van der Waals surface area contributed by atoms with Crippen molar-refractivity contribution < 1.29 is 0 Å². The second-order valence-electron chi connectivity index (χ2n) is 12.9. The van der Waals surface area contributed by atoms with Crippen molar-refractivity contribution in [3.05, 3.63) is 188 Å². The maximum atomic E-state index is 2.36. The van der Waals surface area contributed by atoms with Gasteiger partial charge in [0.2, 0.25) is 0 Å². The van der Waals surface area contributed by atoms with E-state index in [1.54, 1.807) is 0 Å². The van der Waals surface area contributed by atoms with Crippen LogP contribution in [-0.2, 0) is 0 Å². The second kappa shape index (κ2) is 12.4. The molecule has 0 aliphatic rings. The fourth-order valence-electron chi connectivity index (χ4n) is 7.42. The topological polar surface area (TPSA) is 3.24 Å². The number of fused-ring (bicyclic) bond motifs is 7. The maximum absolute atomic E-state index is 2.36. The van der Waals surface area contributed by atoms with Crippen molar-refractivity contribution >= 4 is 80.1 Å². The van der Waals surface area contributed by atoms with Crippen LogP contribution in [0, 0.1) is 0 Å². The van der Waals surface area contributed by atoms with Gasteiger partial charge in [-0.1, -0.05) is 140 Å². The molecular weight excluding hydrogens is 655 g/mol. The van der Waals surface area contributed by atoms with Crippen LogP contribution in [0.3, 0.4) is 0 Å². The monoisotopic (exact) mass is 685 g/mol. The Hall–Kier alpha value is -6.00. The Kier molecular flexibility index (Phi) is 7.26. The molecule has 0 spiro atoms. The van der Waals surface area contributed by atoms with E-state index in [1.807, 2.05) is 22.7 Å². The van der Waals surface area contributed by atoms with Gasteiger partial charge >= 0.3 is 0 Å². The van der Waals surface area contributed by atoms with Crippen LogP contribution >= 0.6 is 22.7 Å². The van der Waals surface area contributed by atoms with E-state index in [0.717, 1.165) is 17.1 Å². The van der Waals surface area contributed by atoms with Crippen molar-refractivity contribution in [3.63, 3.8) is 0 Å². The van der Waals surface area contributed by atoms with Gasteiger partial charge in [0.25, 0.3) is 0 Å². The van der Waals surface area contributed by atoms with Gasteiger partial charge in [-0.2, -0.15) is 0 Å². The minimum Gasteiger partial charge on any atom is -0.310 e. The molecule has 240 valence electrons. The van der Waals surface area contributed by atoms with Gasteiger partial charge in [0.1, 0.15) is 0 Å². The van der Waals surface area contributed by atoms with E-state index in [9.17, 15) is 0 Å². The molecule has 3 heteroatoms. The highest BCUT2D eigenvalue weighted by molar-refractivity contribution is 7.30. The van der Waals surface area contributed by atoms with E-state index in [-0.39, 0.29) is 0 Å². The quantitative estimate of drug-likeness (QED) is 0.168. The Morgan fingerprint density at radius 1 is 0.314 bits per heavy atom. The molecule has 10 aromatic rings. The van der Waals surface area contributed by atoms with Gasteiger partial charge in [0, 0.05) is 57.4 Å². The van der Waals surface area contributed by atoms with Crippen LogP contribution in [0.4, 0.5) is 17.1 Å². The molecule has 0 aliphatic carbocycles. The number of thiophene rings is 2. The lowest BCUT2D eigenvalue weighted by Gasteiger charge is -2.26. The molecule has 0 saturated carbocycles. The van der Waals surface area contributed by atoms with E-state index in [0.29, 0.717) is 0 Å². The Morgan fingerprint density at radius 3 is 1.63 bits per heavy atom. The molecule has 2 heterocycles. The number of benzene rings is 8. The smallest absolute Gasteiger partial charge is 0.0467 e. The molecule has 0 aliphatic heterocycles. The van der Waals surface area contributed by atoms with E-state index >= 15 is 0 Å². The van der Waals surface area contributed by atoms with Crippen LogP contribution in [0.15, 0.2) is 188 Å². The highest BCUT2D eigenvalue weighted by Gasteiger charge is 2.17. The lowest BCUT2D eigenvalue weighted by Crippen LogP contribution is -2.10. The summed E-state index contributed by atoms with van der Waals surface area (Å²) in [5, 5.41) is 5.41. The zero-order valence-electron chi connectivity index (χ0n) is 27.7. The number of hydrogen-bond donors (Lipinski definition) is 0. The Labute approximate surface area is 304 Å². The third-order valence-corrected chi connectivity index (χ3v) is 12.3. The summed E-state index contributed by atoms with van der Waals surface area (Å²) in [6.45, 7) is 0. The second-order valence-corrected chi connectivity index (χ2v) is 15.0. The highest BCUT2D eigenvalue weighted by Crippen LogP contribution is 2.47. The van der Waals surface area contributed by atoms with E-state index in [4.69, 9.17) is 0 Å². The zero-order valence-corrected chi connectivity index (χ0v) is 29.3. The number of anilines is 3. The summed E-state index contributed by atoms with van der Waals surface area (Å²) in [6, 6.07) is 68.3. The molecule has 0 fully saturated rings. The Balaban J connectivity index is 1.08. The first kappa shape index (κ1) is 29.9. The van der Waals surface area contributed by atoms with Crippen LogP contribution in [-0.4, -0.2) is 0 Å². The molecule has 0 amide bonds. The SMILES string of the molecule is c1ccc(-c2ccc(N(c3ccc(-c4cccc5c4sc4c5ccc5sc6ccccc6c54)cc3)c3cccc(-c4ccccc4)c3)cc2)cc1. The largest absolute Gasteiger partial charge is 0.310 e. The molecule has 0 bridgehead atoms. The summed E-state index contributed by atoms with van der Waals surface area (Å²) in [5.74, 6) is 0. The summed E-state index contributed by atoms with van der Waals surface area (Å²) in [4.78, 5) is 2.36. The predicted molar refractivity (Wildman–Crippen MR) is 223 cm³/mol. The molecule has 2 aromatic heterocycles. The summed E-state index contributed by atoms with van der Waals surface area (Å²) < 4.78 is 5.43. The summed E-state index contributed by atoms with van der Waals surface area (Å²) in [6.07, 6.45) is 0. The van der Waals surface area contributed by atoms with Gasteiger partial charge in [0.15, 0.2) is 0 Å². The predicted octanol–water partition coefficient (Wildman–Crippen LogP) is 14.9. The van der Waals surface area contributed by atoms with Crippen molar-refractivity contribution in [1.29, 1.82) is 0 Å². The minimum absolute atomic E-state index is 1.12. The van der Waals surface area contributed by atoms with Crippen LogP contribution in [0.1, 0.15) is 0 Å². The van der Waals surface area contributed by atoms with Gasteiger partial charge in [-0.05, 0) is 81.9 Å². The zero-order chi connectivity index (χ0) is 33.7. The molecule has 0 radical (unpaired) electrons. The van der Waals surface area contributed by atoms with Gasteiger partial charge in [-0.15, -0.1) is 22.7 Å². The molecule has 0 atom stereocenters. The molecule has 0 unspecified atom stereocenters. The van der Waals surface area contributed by atoms with E-state index in [1.165, 1.54) is 73.7 Å². The summed E-state index contributed by atoms with van der Waals surface area (Å²) in [7, 11) is 0. The lowest BCUT2D eigenvalue weighted by atomic mass is 10.0. The van der Waals surface area contributed by atoms with Crippen molar-refractivity contribution in [2.24, 2.45) is 0 Å². The highest BCUT2D eigenvalue weighted by atomic mass is 32.1. The van der Waals surface area contributed by atoms with Gasteiger partial charge in [0.05, 0.1) is 0 Å². The molecule has 1 nitrogen and oxygen atoms in total. The first-order chi connectivity index (χ1) is 25.3. The summed E-state index contributed by atoms with van der Waals surface area (Å²) >= 11 is 3.82. The molecule has 0 saturated heterocycles. The average Bonchev–Trinajstić information content (AvgIpc) is 3.78. The Bertz CT molecular complexity index is 2830.